The molecule has 0 radical (unpaired) electrons. The van der Waals surface area contributed by atoms with Crippen LogP contribution in [0.5, 0.6) is 0 Å². The number of hydrogen-bond acceptors (Lipinski definition) is 3. The van der Waals surface area contributed by atoms with E-state index in [9.17, 15) is 10.1 Å². The van der Waals surface area contributed by atoms with Crippen LogP contribution < -0.4 is 5.32 Å². The first-order valence-corrected chi connectivity index (χ1v) is 8.83. The van der Waals surface area contributed by atoms with Gasteiger partial charge in [0, 0.05) is 13.7 Å². The van der Waals surface area contributed by atoms with Gasteiger partial charge < -0.3 is 10.1 Å². The molecule has 1 amide bonds. The highest BCUT2D eigenvalue weighted by Gasteiger charge is 2.44. The Labute approximate surface area is 157 Å². The van der Waals surface area contributed by atoms with Gasteiger partial charge in [0.25, 0.3) is 0 Å². The van der Waals surface area contributed by atoms with Gasteiger partial charge in [-0.2, -0.15) is 5.26 Å². The number of hydrogen-bond donors (Lipinski definition) is 1. The van der Waals surface area contributed by atoms with Crippen molar-refractivity contribution in [3.8, 4) is 6.07 Å². The number of nitrogens with zero attached hydrogens (tertiary/aromatic N) is 1. The number of nitrogens with one attached hydrogen (secondary N) is 1. The van der Waals surface area contributed by atoms with Crippen LogP contribution in [-0.2, 0) is 16.1 Å². The lowest BCUT2D eigenvalue weighted by Gasteiger charge is -2.18. The summed E-state index contributed by atoms with van der Waals surface area (Å²) in [5.74, 6) is -0.212. The Balaban J connectivity index is 0.000000484. The van der Waals surface area contributed by atoms with Gasteiger partial charge in [-0.25, -0.2) is 0 Å². The molecule has 1 aromatic carbocycles. The minimum atomic E-state index is -1.03. The number of rotatable bonds is 5. The molecule has 140 valence electrons. The number of carbonyl (C=O) groups is 1. The third-order valence-electron chi connectivity index (χ3n) is 3.65. The fourth-order valence-corrected chi connectivity index (χ4v) is 2.46. The maximum Gasteiger partial charge on any atom is 0.245 e. The van der Waals surface area contributed by atoms with E-state index in [4.69, 9.17) is 4.74 Å². The van der Waals surface area contributed by atoms with Crippen molar-refractivity contribution in [3.05, 3.63) is 72.4 Å². The largest absolute Gasteiger partial charge is 0.380 e. The first kappa shape index (κ1) is 23.4. The molecule has 1 aliphatic rings. The first-order valence-electron chi connectivity index (χ1n) is 8.83. The van der Waals surface area contributed by atoms with Crippen molar-refractivity contribution >= 4 is 5.91 Å². The van der Waals surface area contributed by atoms with E-state index in [1.165, 1.54) is 5.56 Å². The Bertz CT molecular complexity index is 642. The Morgan fingerprint density at radius 3 is 2.46 bits per heavy atom. The van der Waals surface area contributed by atoms with Gasteiger partial charge in [0.2, 0.25) is 5.91 Å². The topological polar surface area (TPSA) is 62.1 Å². The van der Waals surface area contributed by atoms with Gasteiger partial charge in [-0.3, -0.25) is 4.79 Å². The number of ether oxygens (including phenoxy) is 1. The van der Waals surface area contributed by atoms with Crippen molar-refractivity contribution < 1.29 is 9.53 Å². The van der Waals surface area contributed by atoms with E-state index in [1.54, 1.807) is 25.3 Å². The van der Waals surface area contributed by atoms with Crippen LogP contribution in [0.2, 0.25) is 0 Å². The van der Waals surface area contributed by atoms with Crippen LogP contribution >= 0.6 is 0 Å². The highest BCUT2D eigenvalue weighted by atomic mass is 16.5. The maximum atomic E-state index is 11.7. The molecule has 0 saturated carbocycles. The first-order chi connectivity index (χ1) is 12.6. The summed E-state index contributed by atoms with van der Waals surface area (Å²) in [5, 5.41) is 11.9. The number of benzene rings is 1. The standard InChI is InChI=1S/C12H14N2O.C8H10O.C2H6/c1-3-5-10(6-4-2)12(9-13)7-8-14-11(12)15;1-9-7-8-5-3-2-4-6-8;1-2/h3-6H,1,7-8H2,2H3,(H,14,15);2-6H,7H2,1H3;1-2H3/b6-4-,10-5+;;. The number of nitriles is 1. The van der Waals surface area contributed by atoms with E-state index >= 15 is 0 Å². The zero-order chi connectivity index (χ0) is 19.8. The van der Waals surface area contributed by atoms with E-state index < -0.39 is 5.41 Å². The van der Waals surface area contributed by atoms with Gasteiger partial charge in [0.1, 0.15) is 0 Å². The Hall–Kier alpha value is -2.64. The average molecular weight is 354 g/mol. The van der Waals surface area contributed by atoms with E-state index in [0.717, 1.165) is 0 Å². The molecule has 1 N–H and O–H groups in total. The quantitative estimate of drug-likeness (QED) is 0.788. The number of methoxy groups -OCH3 is 1. The van der Waals surface area contributed by atoms with Crippen LogP contribution in [0, 0.1) is 16.7 Å². The minimum absolute atomic E-state index is 0.212. The van der Waals surface area contributed by atoms with Crippen molar-refractivity contribution in [2.24, 2.45) is 5.41 Å². The van der Waals surface area contributed by atoms with Gasteiger partial charge in [0.15, 0.2) is 5.41 Å². The van der Waals surface area contributed by atoms with Crippen LogP contribution in [0.25, 0.3) is 0 Å². The molecule has 1 unspecified atom stereocenters. The third-order valence-corrected chi connectivity index (χ3v) is 3.65. The number of amides is 1. The molecule has 0 aromatic heterocycles. The highest BCUT2D eigenvalue weighted by molar-refractivity contribution is 5.91. The molecule has 1 fully saturated rings. The van der Waals surface area contributed by atoms with E-state index in [2.05, 4.69) is 18.0 Å². The third kappa shape index (κ3) is 6.70. The summed E-state index contributed by atoms with van der Waals surface area (Å²) < 4.78 is 4.93. The molecule has 26 heavy (non-hydrogen) atoms. The smallest absolute Gasteiger partial charge is 0.245 e. The molecule has 4 nitrogen and oxygen atoms in total. The number of carbonyl (C=O) groups excluding carboxylic acids is 1. The predicted octanol–water partition coefficient (Wildman–Crippen LogP) is 4.56. The monoisotopic (exact) mass is 354 g/mol. The van der Waals surface area contributed by atoms with E-state index in [1.807, 2.05) is 57.2 Å². The fourth-order valence-electron chi connectivity index (χ4n) is 2.46. The van der Waals surface area contributed by atoms with Gasteiger partial charge in [-0.05, 0) is 24.5 Å². The molecule has 1 atom stereocenters. The highest BCUT2D eigenvalue weighted by Crippen LogP contribution is 2.35. The molecular formula is C22H30N2O2. The minimum Gasteiger partial charge on any atom is -0.380 e. The normalized spacial score (nSPS) is 18.7. The lowest BCUT2D eigenvalue weighted by atomic mass is 9.79. The Morgan fingerprint density at radius 1 is 1.38 bits per heavy atom. The molecule has 4 heteroatoms. The summed E-state index contributed by atoms with van der Waals surface area (Å²) in [6.45, 7) is 10.7. The summed E-state index contributed by atoms with van der Waals surface area (Å²) >= 11 is 0. The zero-order valence-corrected chi connectivity index (χ0v) is 16.3. The van der Waals surface area contributed by atoms with Crippen LogP contribution in [0.1, 0.15) is 32.8 Å². The SMILES string of the molecule is C=C/C=C(\C=C/C)C1(C#N)CCNC1=O.CC.COCc1ccccc1. The van der Waals surface area contributed by atoms with Crippen molar-refractivity contribution in [2.45, 2.75) is 33.8 Å². The van der Waals surface area contributed by atoms with E-state index in [-0.39, 0.29) is 5.91 Å². The van der Waals surface area contributed by atoms with Crippen molar-refractivity contribution in [1.82, 2.24) is 5.32 Å². The lowest BCUT2D eigenvalue weighted by Crippen LogP contribution is -2.31. The van der Waals surface area contributed by atoms with Gasteiger partial charge in [-0.1, -0.05) is 75.1 Å². The second kappa shape index (κ2) is 13.6. The molecule has 1 aliphatic heterocycles. The lowest BCUT2D eigenvalue weighted by molar-refractivity contribution is -0.123. The van der Waals surface area contributed by atoms with Gasteiger partial charge in [0.05, 0.1) is 12.7 Å². The van der Waals surface area contributed by atoms with Crippen molar-refractivity contribution in [3.63, 3.8) is 0 Å². The molecule has 2 rings (SSSR count). The van der Waals surface area contributed by atoms with Gasteiger partial charge in [-0.15, -0.1) is 0 Å². The van der Waals surface area contributed by atoms with Crippen molar-refractivity contribution in [1.29, 1.82) is 5.26 Å². The summed E-state index contributed by atoms with van der Waals surface area (Å²) in [7, 11) is 1.70. The summed E-state index contributed by atoms with van der Waals surface area (Å²) in [6.07, 6.45) is 7.44. The average Bonchev–Trinajstić information content (AvgIpc) is 3.06. The second-order valence-electron chi connectivity index (χ2n) is 5.30. The Kier molecular flexibility index (Phi) is 12.2. The summed E-state index contributed by atoms with van der Waals surface area (Å²) in [6, 6.07) is 12.2. The molecule has 0 bridgehead atoms. The molecule has 1 saturated heterocycles. The predicted molar refractivity (Wildman–Crippen MR) is 107 cm³/mol. The second-order valence-corrected chi connectivity index (χ2v) is 5.30. The Morgan fingerprint density at radius 2 is 2.04 bits per heavy atom. The van der Waals surface area contributed by atoms with Crippen molar-refractivity contribution in [2.75, 3.05) is 13.7 Å². The molecular weight excluding hydrogens is 324 g/mol. The van der Waals surface area contributed by atoms with Crippen LogP contribution in [0.15, 0.2) is 66.8 Å². The van der Waals surface area contributed by atoms with E-state index in [0.29, 0.717) is 25.1 Å². The molecule has 0 aliphatic carbocycles. The molecule has 0 spiro atoms. The molecule has 1 heterocycles. The summed E-state index contributed by atoms with van der Waals surface area (Å²) in [4.78, 5) is 11.7. The van der Waals surface area contributed by atoms with Crippen LogP contribution in [0.3, 0.4) is 0 Å². The molecule has 1 aromatic rings. The van der Waals surface area contributed by atoms with Crippen LogP contribution in [0.4, 0.5) is 0 Å². The summed E-state index contributed by atoms with van der Waals surface area (Å²) in [5.41, 5.74) is 0.901. The number of allylic oxidation sites excluding steroid dienone is 4. The zero-order valence-electron chi connectivity index (χ0n) is 16.3. The maximum absolute atomic E-state index is 11.7. The fraction of sp³-hybridized carbons (Fsp3) is 0.364. The van der Waals surface area contributed by atoms with Crippen LogP contribution in [-0.4, -0.2) is 19.6 Å². The van der Waals surface area contributed by atoms with Gasteiger partial charge >= 0.3 is 0 Å².